The van der Waals surface area contributed by atoms with E-state index in [1.54, 1.807) is 23.5 Å². The van der Waals surface area contributed by atoms with Crippen molar-refractivity contribution in [3.63, 3.8) is 0 Å². The summed E-state index contributed by atoms with van der Waals surface area (Å²) in [5, 5.41) is 12.0. The normalized spacial score (nSPS) is 15.7. The summed E-state index contributed by atoms with van der Waals surface area (Å²) < 4.78 is 13.0. The summed E-state index contributed by atoms with van der Waals surface area (Å²) >= 11 is 1.59. The Morgan fingerprint density at radius 2 is 2.04 bits per heavy atom. The van der Waals surface area contributed by atoms with Crippen molar-refractivity contribution in [2.45, 2.75) is 25.8 Å². The molecule has 7 heteroatoms. The van der Waals surface area contributed by atoms with E-state index in [0.717, 1.165) is 48.9 Å². The fourth-order valence-electron chi connectivity index (χ4n) is 3.26. The Hall–Kier alpha value is -1.99. The van der Waals surface area contributed by atoms with Crippen LogP contribution in [0, 0.1) is 5.82 Å². The molecule has 25 heavy (non-hydrogen) atoms. The molecule has 0 spiro atoms. The Morgan fingerprint density at radius 3 is 2.64 bits per heavy atom. The number of aliphatic carboxylic acids is 1. The van der Waals surface area contributed by atoms with Crippen molar-refractivity contribution in [3.8, 4) is 11.3 Å². The molecule has 3 rings (SSSR count). The summed E-state index contributed by atoms with van der Waals surface area (Å²) in [5.41, 5.74) is 1.78. The predicted octanol–water partition coefficient (Wildman–Crippen LogP) is 3.32. The fraction of sp³-hybridized carbons (Fsp3) is 0.444. The lowest BCUT2D eigenvalue weighted by atomic mass is 10.0. The first-order chi connectivity index (χ1) is 12.1. The number of benzene rings is 1. The minimum Gasteiger partial charge on any atom is -0.480 e. The second kappa shape index (κ2) is 7.93. The molecule has 0 atom stereocenters. The highest BCUT2D eigenvalue weighted by atomic mass is 32.1. The molecule has 0 bridgehead atoms. The Balaban J connectivity index is 1.61. The van der Waals surface area contributed by atoms with Gasteiger partial charge in [-0.25, -0.2) is 9.37 Å². The van der Waals surface area contributed by atoms with Crippen molar-refractivity contribution in [1.29, 1.82) is 0 Å². The summed E-state index contributed by atoms with van der Waals surface area (Å²) in [6, 6.07) is 6.69. The van der Waals surface area contributed by atoms with Crippen LogP contribution in [-0.2, 0) is 4.79 Å². The summed E-state index contributed by atoms with van der Waals surface area (Å²) in [5.74, 6) is -1.02. The molecule has 5 nitrogen and oxygen atoms in total. The SMILES string of the molecule is CCN(CC(=O)O)C1CCN(c2nc(-c3ccc(F)cc3)cs2)CC1. The van der Waals surface area contributed by atoms with Crippen LogP contribution in [0.5, 0.6) is 0 Å². The van der Waals surface area contributed by atoms with E-state index in [1.165, 1.54) is 12.1 Å². The van der Waals surface area contributed by atoms with Crippen LogP contribution in [-0.4, -0.2) is 53.2 Å². The maximum Gasteiger partial charge on any atom is 0.317 e. The molecule has 134 valence electrons. The van der Waals surface area contributed by atoms with Crippen LogP contribution in [0.15, 0.2) is 29.6 Å². The maximum atomic E-state index is 13.0. The molecule has 0 saturated carbocycles. The van der Waals surface area contributed by atoms with E-state index in [0.29, 0.717) is 6.04 Å². The quantitative estimate of drug-likeness (QED) is 0.853. The van der Waals surface area contributed by atoms with Gasteiger partial charge < -0.3 is 10.0 Å². The van der Waals surface area contributed by atoms with Crippen LogP contribution in [0.25, 0.3) is 11.3 Å². The van der Waals surface area contributed by atoms with Gasteiger partial charge in [0.15, 0.2) is 5.13 Å². The van der Waals surface area contributed by atoms with E-state index >= 15 is 0 Å². The summed E-state index contributed by atoms with van der Waals surface area (Å²) in [6.07, 6.45) is 1.87. The second-order valence-corrected chi connectivity index (χ2v) is 7.03. The minimum atomic E-state index is -0.770. The first kappa shape index (κ1) is 17.8. The summed E-state index contributed by atoms with van der Waals surface area (Å²) in [4.78, 5) is 19.9. The molecule has 0 amide bonds. The number of carboxylic acid groups (broad SMARTS) is 1. The van der Waals surface area contributed by atoms with Crippen LogP contribution in [0.1, 0.15) is 19.8 Å². The summed E-state index contributed by atoms with van der Waals surface area (Å²) in [7, 11) is 0. The van der Waals surface area contributed by atoms with E-state index in [4.69, 9.17) is 5.11 Å². The molecular formula is C18H22FN3O2S. The third-order valence-electron chi connectivity index (χ3n) is 4.63. The predicted molar refractivity (Wildman–Crippen MR) is 97.6 cm³/mol. The third-order valence-corrected chi connectivity index (χ3v) is 5.53. The average Bonchev–Trinajstić information content (AvgIpc) is 3.10. The smallest absolute Gasteiger partial charge is 0.317 e. The Labute approximate surface area is 150 Å². The van der Waals surface area contributed by atoms with E-state index < -0.39 is 5.97 Å². The van der Waals surface area contributed by atoms with Crippen molar-refractivity contribution >= 4 is 22.4 Å². The molecule has 1 N–H and O–H groups in total. The van der Waals surface area contributed by atoms with Crippen LogP contribution >= 0.6 is 11.3 Å². The number of aromatic nitrogens is 1. The van der Waals surface area contributed by atoms with Gasteiger partial charge in [-0.15, -0.1) is 11.3 Å². The molecule has 2 aromatic rings. The standard InChI is InChI=1S/C18H22FN3O2S/c1-2-21(11-17(23)24)15-7-9-22(10-8-15)18-20-16(12-25-18)13-3-5-14(19)6-4-13/h3-6,12,15H,2,7-11H2,1H3,(H,23,24). The van der Waals surface area contributed by atoms with Crippen LogP contribution < -0.4 is 4.90 Å². The molecule has 1 aromatic heterocycles. The van der Waals surface area contributed by atoms with Gasteiger partial charge in [-0.05, 0) is 43.7 Å². The van der Waals surface area contributed by atoms with Crippen molar-refractivity contribution in [1.82, 2.24) is 9.88 Å². The van der Waals surface area contributed by atoms with Gasteiger partial charge in [0.25, 0.3) is 0 Å². The lowest BCUT2D eigenvalue weighted by Gasteiger charge is -2.37. The fourth-order valence-corrected chi connectivity index (χ4v) is 4.15. The highest BCUT2D eigenvalue weighted by Crippen LogP contribution is 2.30. The largest absolute Gasteiger partial charge is 0.480 e. The zero-order valence-electron chi connectivity index (χ0n) is 14.2. The van der Waals surface area contributed by atoms with Gasteiger partial charge in [-0.2, -0.15) is 0 Å². The van der Waals surface area contributed by atoms with E-state index in [2.05, 4.69) is 9.88 Å². The number of anilines is 1. The number of piperidine rings is 1. The molecule has 1 aliphatic heterocycles. The van der Waals surface area contributed by atoms with Crippen molar-refractivity contribution in [3.05, 3.63) is 35.5 Å². The minimum absolute atomic E-state index is 0.104. The molecule has 2 heterocycles. The Bertz CT molecular complexity index is 711. The number of nitrogens with zero attached hydrogens (tertiary/aromatic N) is 3. The number of carbonyl (C=O) groups is 1. The molecule has 0 aliphatic carbocycles. The van der Waals surface area contributed by atoms with E-state index in [9.17, 15) is 9.18 Å². The van der Waals surface area contributed by atoms with E-state index in [1.807, 2.05) is 17.2 Å². The lowest BCUT2D eigenvalue weighted by molar-refractivity contribution is -0.139. The number of hydrogen-bond donors (Lipinski definition) is 1. The summed E-state index contributed by atoms with van der Waals surface area (Å²) in [6.45, 7) is 4.61. The highest BCUT2D eigenvalue weighted by molar-refractivity contribution is 7.14. The molecule has 1 fully saturated rings. The lowest BCUT2D eigenvalue weighted by Crippen LogP contribution is -2.46. The number of thiazole rings is 1. The molecule has 0 radical (unpaired) electrons. The molecule has 1 saturated heterocycles. The highest BCUT2D eigenvalue weighted by Gasteiger charge is 2.26. The first-order valence-corrected chi connectivity index (χ1v) is 9.37. The van der Waals surface area contributed by atoms with Gasteiger partial charge in [0.1, 0.15) is 5.82 Å². The number of likely N-dealkylation sites (N-methyl/N-ethyl adjacent to an activating group) is 1. The molecular weight excluding hydrogens is 341 g/mol. The van der Waals surface area contributed by atoms with Crippen molar-refractivity contribution in [2.24, 2.45) is 0 Å². The zero-order valence-corrected chi connectivity index (χ0v) is 15.0. The van der Waals surface area contributed by atoms with E-state index in [-0.39, 0.29) is 12.4 Å². The molecule has 1 aromatic carbocycles. The van der Waals surface area contributed by atoms with Gasteiger partial charge in [-0.3, -0.25) is 9.69 Å². The van der Waals surface area contributed by atoms with Crippen molar-refractivity contribution < 1.29 is 14.3 Å². The number of halogens is 1. The third kappa shape index (κ3) is 4.35. The Kier molecular flexibility index (Phi) is 5.65. The maximum absolute atomic E-state index is 13.0. The monoisotopic (exact) mass is 363 g/mol. The molecule has 1 aliphatic rings. The van der Waals surface area contributed by atoms with Gasteiger partial charge in [0.2, 0.25) is 0 Å². The Morgan fingerprint density at radius 1 is 1.36 bits per heavy atom. The van der Waals surface area contributed by atoms with Gasteiger partial charge in [-0.1, -0.05) is 6.92 Å². The second-order valence-electron chi connectivity index (χ2n) is 6.20. The number of carboxylic acids is 1. The van der Waals surface area contributed by atoms with Crippen LogP contribution in [0.2, 0.25) is 0 Å². The average molecular weight is 363 g/mol. The van der Waals surface area contributed by atoms with Gasteiger partial charge in [0, 0.05) is 30.1 Å². The number of rotatable bonds is 6. The number of hydrogen-bond acceptors (Lipinski definition) is 5. The first-order valence-electron chi connectivity index (χ1n) is 8.49. The topological polar surface area (TPSA) is 56.7 Å². The van der Waals surface area contributed by atoms with Crippen molar-refractivity contribution in [2.75, 3.05) is 31.1 Å². The van der Waals surface area contributed by atoms with Crippen LogP contribution in [0.4, 0.5) is 9.52 Å². The van der Waals surface area contributed by atoms with Crippen LogP contribution in [0.3, 0.4) is 0 Å². The zero-order chi connectivity index (χ0) is 17.8. The van der Waals surface area contributed by atoms with Gasteiger partial charge in [0.05, 0.1) is 12.2 Å². The molecule has 0 unspecified atom stereocenters. The van der Waals surface area contributed by atoms with Gasteiger partial charge >= 0.3 is 5.97 Å².